The third-order valence-electron chi connectivity index (χ3n) is 4.09. The van der Waals surface area contributed by atoms with E-state index in [1.165, 1.54) is 0 Å². The normalized spacial score (nSPS) is 19.4. The molecule has 4 heteroatoms. The molecule has 0 N–H and O–H groups in total. The predicted octanol–water partition coefficient (Wildman–Crippen LogP) is 2.15. The number of benzene rings is 1. The number of carbonyl (C=O) groups excluding carboxylic acids is 1. The molecule has 0 unspecified atom stereocenters. The van der Waals surface area contributed by atoms with E-state index in [0.29, 0.717) is 13.0 Å². The van der Waals surface area contributed by atoms with Crippen LogP contribution in [-0.4, -0.2) is 54.5 Å². The maximum Gasteiger partial charge on any atom is 0.307 e. The van der Waals surface area contributed by atoms with Crippen LogP contribution >= 0.6 is 0 Å². The number of esters is 1. The van der Waals surface area contributed by atoms with Crippen LogP contribution in [0.3, 0.4) is 0 Å². The van der Waals surface area contributed by atoms with Crippen LogP contribution in [0.5, 0.6) is 0 Å². The highest BCUT2D eigenvalue weighted by molar-refractivity contribution is 5.69. The van der Waals surface area contributed by atoms with E-state index >= 15 is 0 Å². The number of nitrogens with zero attached hydrogens (tertiary/aromatic N) is 2. The zero-order valence-corrected chi connectivity index (χ0v) is 13.3. The molecule has 0 bridgehead atoms. The molecule has 1 heterocycles. The van der Waals surface area contributed by atoms with Gasteiger partial charge in [0.25, 0.3) is 0 Å². The Kier molecular flexibility index (Phi) is 5.37. The van der Waals surface area contributed by atoms with Gasteiger partial charge in [-0.1, -0.05) is 30.3 Å². The molecule has 1 aromatic rings. The Balaban J connectivity index is 1.74. The van der Waals surface area contributed by atoms with Gasteiger partial charge in [-0.3, -0.25) is 9.69 Å². The smallest absolute Gasteiger partial charge is 0.307 e. The molecule has 0 saturated carbocycles. The molecule has 0 aromatic heterocycles. The van der Waals surface area contributed by atoms with E-state index < -0.39 is 0 Å². The third-order valence-corrected chi connectivity index (χ3v) is 4.09. The van der Waals surface area contributed by atoms with Crippen molar-refractivity contribution < 1.29 is 9.53 Å². The van der Waals surface area contributed by atoms with Crippen LogP contribution in [-0.2, 0) is 16.1 Å². The molecule has 2 rings (SSSR count). The summed E-state index contributed by atoms with van der Waals surface area (Å²) in [6, 6.07) is 9.81. The lowest BCUT2D eigenvalue weighted by atomic mass is 9.99. The number of ether oxygens (including phenoxy) is 1. The van der Waals surface area contributed by atoms with Crippen molar-refractivity contribution >= 4 is 5.97 Å². The van der Waals surface area contributed by atoms with Crippen molar-refractivity contribution in [3.63, 3.8) is 0 Å². The Morgan fingerprint density at radius 2 is 1.95 bits per heavy atom. The number of piperazine rings is 1. The van der Waals surface area contributed by atoms with Gasteiger partial charge in [0.2, 0.25) is 0 Å². The molecular formula is C17H26N2O2. The van der Waals surface area contributed by atoms with Crippen LogP contribution in [0.4, 0.5) is 0 Å². The molecule has 0 atom stereocenters. The maximum absolute atomic E-state index is 11.9. The highest BCUT2D eigenvalue weighted by atomic mass is 16.5. The van der Waals surface area contributed by atoms with Crippen LogP contribution < -0.4 is 0 Å². The first-order chi connectivity index (χ1) is 9.97. The van der Waals surface area contributed by atoms with E-state index in [0.717, 1.165) is 31.7 Å². The van der Waals surface area contributed by atoms with Gasteiger partial charge in [0.15, 0.2) is 0 Å². The summed E-state index contributed by atoms with van der Waals surface area (Å²) in [5.74, 6) is -0.117. The van der Waals surface area contributed by atoms with Crippen molar-refractivity contribution in [1.82, 2.24) is 9.80 Å². The number of likely N-dealkylation sites (N-methyl/N-ethyl adjacent to an activating group) is 1. The highest BCUT2D eigenvalue weighted by Gasteiger charge is 2.32. The van der Waals surface area contributed by atoms with Crippen LogP contribution in [0, 0.1) is 0 Å². The molecule has 1 aromatic carbocycles. The molecule has 1 fully saturated rings. The Morgan fingerprint density at radius 1 is 1.24 bits per heavy atom. The Morgan fingerprint density at radius 3 is 2.62 bits per heavy atom. The molecule has 0 amide bonds. The van der Waals surface area contributed by atoms with Crippen LogP contribution in [0.25, 0.3) is 0 Å². The van der Waals surface area contributed by atoms with Gasteiger partial charge in [-0.25, -0.2) is 0 Å². The lowest BCUT2D eigenvalue weighted by Gasteiger charge is -2.46. The molecule has 1 aliphatic rings. The monoisotopic (exact) mass is 290 g/mol. The fraction of sp³-hybridized carbons (Fsp3) is 0.588. The van der Waals surface area contributed by atoms with Gasteiger partial charge in [0.1, 0.15) is 6.61 Å². The molecular weight excluding hydrogens is 264 g/mol. The minimum atomic E-state index is -0.117. The van der Waals surface area contributed by atoms with Gasteiger partial charge < -0.3 is 9.64 Å². The lowest BCUT2D eigenvalue weighted by molar-refractivity contribution is -0.145. The Hall–Kier alpha value is -1.39. The molecule has 21 heavy (non-hydrogen) atoms. The zero-order valence-electron chi connectivity index (χ0n) is 13.3. The molecule has 0 spiro atoms. The van der Waals surface area contributed by atoms with Crippen molar-refractivity contribution in [3.05, 3.63) is 35.9 Å². The molecule has 1 saturated heterocycles. The second-order valence-corrected chi connectivity index (χ2v) is 6.43. The Labute approximate surface area is 127 Å². The number of hydrogen-bond acceptors (Lipinski definition) is 4. The molecule has 1 aliphatic heterocycles. The first kappa shape index (κ1) is 16.0. The van der Waals surface area contributed by atoms with E-state index in [2.05, 4.69) is 30.7 Å². The van der Waals surface area contributed by atoms with Crippen LogP contribution in [0.2, 0.25) is 0 Å². The lowest BCUT2D eigenvalue weighted by Crippen LogP contribution is -2.58. The predicted molar refractivity (Wildman–Crippen MR) is 84.0 cm³/mol. The minimum absolute atomic E-state index is 0.117. The SMILES string of the molecule is CN1CCN(CCC(=O)OCc2ccccc2)C(C)(C)C1. The second-order valence-electron chi connectivity index (χ2n) is 6.43. The van der Waals surface area contributed by atoms with Gasteiger partial charge in [-0.2, -0.15) is 0 Å². The van der Waals surface area contributed by atoms with Gasteiger partial charge in [0, 0.05) is 31.7 Å². The van der Waals surface area contributed by atoms with Crippen molar-refractivity contribution in [2.45, 2.75) is 32.4 Å². The highest BCUT2D eigenvalue weighted by Crippen LogP contribution is 2.20. The summed E-state index contributed by atoms with van der Waals surface area (Å²) in [5, 5.41) is 0. The standard InChI is InChI=1S/C17H26N2O2/c1-17(2)14-18(3)11-12-19(17)10-9-16(20)21-13-15-7-5-4-6-8-15/h4-8H,9-14H2,1-3H3. The van der Waals surface area contributed by atoms with E-state index in [1.54, 1.807) is 0 Å². The van der Waals surface area contributed by atoms with Gasteiger partial charge in [0.05, 0.1) is 6.42 Å². The van der Waals surface area contributed by atoms with E-state index in [-0.39, 0.29) is 11.5 Å². The van der Waals surface area contributed by atoms with Crippen molar-refractivity contribution in [2.24, 2.45) is 0 Å². The summed E-state index contributed by atoms with van der Waals surface area (Å²) in [6.07, 6.45) is 0.458. The molecule has 4 nitrogen and oxygen atoms in total. The van der Waals surface area contributed by atoms with Gasteiger partial charge in [-0.15, -0.1) is 0 Å². The summed E-state index contributed by atoms with van der Waals surface area (Å²) >= 11 is 0. The van der Waals surface area contributed by atoms with Crippen molar-refractivity contribution in [2.75, 3.05) is 33.2 Å². The summed E-state index contributed by atoms with van der Waals surface area (Å²) in [7, 11) is 2.15. The van der Waals surface area contributed by atoms with E-state index in [9.17, 15) is 4.79 Å². The molecule has 116 valence electrons. The second kappa shape index (κ2) is 7.05. The topological polar surface area (TPSA) is 32.8 Å². The van der Waals surface area contributed by atoms with Crippen molar-refractivity contribution in [3.8, 4) is 0 Å². The van der Waals surface area contributed by atoms with Crippen LogP contribution in [0.15, 0.2) is 30.3 Å². The van der Waals surface area contributed by atoms with E-state index in [4.69, 9.17) is 4.74 Å². The first-order valence-corrected chi connectivity index (χ1v) is 7.60. The van der Waals surface area contributed by atoms with Crippen LogP contribution in [0.1, 0.15) is 25.8 Å². The van der Waals surface area contributed by atoms with E-state index in [1.807, 2.05) is 30.3 Å². The summed E-state index contributed by atoms with van der Waals surface area (Å²) in [5.41, 5.74) is 1.15. The summed E-state index contributed by atoms with van der Waals surface area (Å²) in [4.78, 5) is 16.6. The quantitative estimate of drug-likeness (QED) is 0.778. The van der Waals surface area contributed by atoms with Gasteiger partial charge in [-0.05, 0) is 26.5 Å². The number of rotatable bonds is 5. The molecule has 0 radical (unpaired) electrons. The van der Waals surface area contributed by atoms with Crippen molar-refractivity contribution in [1.29, 1.82) is 0 Å². The number of hydrogen-bond donors (Lipinski definition) is 0. The zero-order chi connectivity index (χ0) is 15.3. The average molecular weight is 290 g/mol. The average Bonchev–Trinajstić information content (AvgIpc) is 2.44. The summed E-state index contributed by atoms with van der Waals surface area (Å²) < 4.78 is 5.33. The fourth-order valence-electron chi connectivity index (χ4n) is 2.88. The maximum atomic E-state index is 11.9. The summed E-state index contributed by atoms with van der Waals surface area (Å²) in [6.45, 7) is 8.71. The largest absolute Gasteiger partial charge is 0.461 e. The third kappa shape index (κ3) is 4.83. The molecule has 0 aliphatic carbocycles. The van der Waals surface area contributed by atoms with Gasteiger partial charge >= 0.3 is 5.97 Å². The number of carbonyl (C=O) groups is 1. The fourth-order valence-corrected chi connectivity index (χ4v) is 2.88. The first-order valence-electron chi connectivity index (χ1n) is 7.60. The minimum Gasteiger partial charge on any atom is -0.461 e. The Bertz CT molecular complexity index is 459.